The number of carbonyl (C=O) groups is 1. The van der Waals surface area contributed by atoms with Crippen molar-refractivity contribution in [2.24, 2.45) is 0 Å². The summed E-state index contributed by atoms with van der Waals surface area (Å²) in [5, 5.41) is 13.0. The van der Waals surface area contributed by atoms with Crippen LogP contribution in [0.3, 0.4) is 0 Å². The number of amides is 1. The number of hydrazine groups is 1. The van der Waals surface area contributed by atoms with Crippen molar-refractivity contribution in [1.82, 2.24) is 10.4 Å². The molecule has 3 rings (SSSR count). The van der Waals surface area contributed by atoms with Gasteiger partial charge in [0.1, 0.15) is 0 Å². The summed E-state index contributed by atoms with van der Waals surface area (Å²) in [5.74, 6) is 0.0683. The van der Waals surface area contributed by atoms with Crippen LogP contribution in [0, 0.1) is 0 Å². The number of aliphatic hydroxyl groups is 1. The molecule has 0 bridgehead atoms. The largest absolute Gasteiger partial charge is 0.368 e. The molecule has 0 saturated carbocycles. The van der Waals surface area contributed by atoms with Crippen molar-refractivity contribution in [2.75, 3.05) is 5.75 Å². The maximum absolute atomic E-state index is 12.4. The molecule has 1 atom stereocenters. The van der Waals surface area contributed by atoms with E-state index in [0.29, 0.717) is 27.1 Å². The Hall–Kier alpha value is -1.60. The lowest BCUT2D eigenvalue weighted by Crippen LogP contribution is -2.57. The van der Waals surface area contributed by atoms with Crippen LogP contribution in [0.5, 0.6) is 0 Å². The normalized spacial score (nSPS) is 20.2. The Bertz CT molecular complexity index is 755. The average molecular weight is 379 g/mol. The van der Waals surface area contributed by atoms with Gasteiger partial charge in [-0.15, -0.1) is 0 Å². The molecule has 0 spiro atoms. The van der Waals surface area contributed by atoms with E-state index < -0.39 is 5.72 Å². The molecule has 4 nitrogen and oxygen atoms in total. The molecular formula is C17H15ClN2O2S2. The summed E-state index contributed by atoms with van der Waals surface area (Å²) >= 11 is 12.5. The Morgan fingerprint density at radius 2 is 1.92 bits per heavy atom. The van der Waals surface area contributed by atoms with E-state index in [-0.39, 0.29) is 5.91 Å². The summed E-state index contributed by atoms with van der Waals surface area (Å²) < 4.78 is 0.441. The third-order valence-electron chi connectivity index (χ3n) is 3.68. The minimum Gasteiger partial charge on any atom is -0.368 e. The molecule has 1 aliphatic rings. The molecule has 1 amide bonds. The lowest BCUT2D eigenvalue weighted by molar-refractivity contribution is -0.0596. The summed E-state index contributed by atoms with van der Waals surface area (Å²) in [6.45, 7) is 0. The van der Waals surface area contributed by atoms with Crippen molar-refractivity contribution in [3.8, 4) is 0 Å². The van der Waals surface area contributed by atoms with Gasteiger partial charge in [-0.3, -0.25) is 10.2 Å². The van der Waals surface area contributed by atoms with E-state index in [0.717, 1.165) is 5.56 Å². The van der Waals surface area contributed by atoms with Crippen LogP contribution in [0.4, 0.5) is 0 Å². The maximum Gasteiger partial charge on any atom is 0.269 e. The monoisotopic (exact) mass is 378 g/mol. The number of thioether (sulfide) groups is 1. The molecule has 7 heteroatoms. The molecule has 24 heavy (non-hydrogen) atoms. The summed E-state index contributed by atoms with van der Waals surface area (Å²) in [4.78, 5) is 12.4. The number of nitrogens with zero attached hydrogens (tertiary/aromatic N) is 1. The predicted octanol–water partition coefficient (Wildman–Crippen LogP) is 3.25. The van der Waals surface area contributed by atoms with Gasteiger partial charge in [-0.25, -0.2) is 5.01 Å². The quantitative estimate of drug-likeness (QED) is 0.800. The molecule has 0 radical (unpaired) electrons. The summed E-state index contributed by atoms with van der Waals surface area (Å²) in [6, 6.07) is 16.1. The highest BCUT2D eigenvalue weighted by Gasteiger charge is 2.44. The molecule has 1 saturated heterocycles. The lowest BCUT2D eigenvalue weighted by atomic mass is 10.0. The zero-order chi connectivity index (χ0) is 17.2. The Morgan fingerprint density at radius 3 is 2.58 bits per heavy atom. The maximum atomic E-state index is 12.4. The minimum atomic E-state index is -1.28. The fourth-order valence-electron chi connectivity index (χ4n) is 2.44. The van der Waals surface area contributed by atoms with Crippen LogP contribution in [-0.2, 0) is 6.42 Å². The number of nitrogens with one attached hydrogen (secondary N) is 1. The first kappa shape index (κ1) is 17.2. The van der Waals surface area contributed by atoms with E-state index in [1.807, 2.05) is 18.2 Å². The van der Waals surface area contributed by atoms with Crippen LogP contribution >= 0.6 is 35.6 Å². The molecule has 2 aromatic carbocycles. The van der Waals surface area contributed by atoms with Gasteiger partial charge < -0.3 is 5.11 Å². The van der Waals surface area contributed by atoms with Crippen molar-refractivity contribution in [3.63, 3.8) is 0 Å². The number of carbonyl (C=O) groups excluding carboxylic acids is 1. The SMILES string of the molecule is O=C(NN1C(=S)SCC1(O)Cc1ccc(Cl)cc1)c1ccccc1. The summed E-state index contributed by atoms with van der Waals surface area (Å²) in [7, 11) is 0. The molecule has 124 valence electrons. The van der Waals surface area contributed by atoms with Crippen molar-refractivity contribution in [2.45, 2.75) is 12.1 Å². The van der Waals surface area contributed by atoms with Gasteiger partial charge >= 0.3 is 0 Å². The van der Waals surface area contributed by atoms with Gasteiger partial charge in [-0.1, -0.05) is 65.9 Å². The van der Waals surface area contributed by atoms with Gasteiger partial charge in [0.25, 0.3) is 5.91 Å². The predicted molar refractivity (Wildman–Crippen MR) is 101 cm³/mol. The first-order chi connectivity index (χ1) is 11.5. The number of benzene rings is 2. The molecule has 1 aliphatic heterocycles. The Morgan fingerprint density at radius 1 is 1.25 bits per heavy atom. The highest BCUT2D eigenvalue weighted by molar-refractivity contribution is 8.23. The van der Waals surface area contributed by atoms with Crippen LogP contribution in [0.15, 0.2) is 54.6 Å². The third kappa shape index (κ3) is 3.72. The minimum absolute atomic E-state index is 0.310. The molecule has 1 fully saturated rings. The lowest BCUT2D eigenvalue weighted by Gasteiger charge is -2.34. The molecule has 1 unspecified atom stereocenters. The van der Waals surface area contributed by atoms with Gasteiger partial charge in [-0.2, -0.15) is 0 Å². The fraction of sp³-hybridized carbons (Fsp3) is 0.176. The van der Waals surface area contributed by atoms with E-state index in [1.54, 1.807) is 36.4 Å². The van der Waals surface area contributed by atoms with E-state index in [1.165, 1.54) is 16.8 Å². The zero-order valence-corrected chi connectivity index (χ0v) is 15.0. The first-order valence-corrected chi connectivity index (χ1v) is 9.05. The molecular weight excluding hydrogens is 364 g/mol. The van der Waals surface area contributed by atoms with Gasteiger partial charge in [0, 0.05) is 17.0 Å². The van der Waals surface area contributed by atoms with E-state index in [4.69, 9.17) is 23.8 Å². The van der Waals surface area contributed by atoms with Crippen LogP contribution in [0.1, 0.15) is 15.9 Å². The van der Waals surface area contributed by atoms with Crippen molar-refractivity contribution >= 4 is 45.8 Å². The van der Waals surface area contributed by atoms with Crippen LogP contribution in [0.2, 0.25) is 5.02 Å². The van der Waals surface area contributed by atoms with Crippen molar-refractivity contribution < 1.29 is 9.90 Å². The molecule has 1 heterocycles. The number of rotatable bonds is 4. The smallest absolute Gasteiger partial charge is 0.269 e. The van der Waals surface area contributed by atoms with E-state index in [2.05, 4.69) is 5.43 Å². The van der Waals surface area contributed by atoms with Gasteiger partial charge in [-0.05, 0) is 29.8 Å². The second kappa shape index (κ2) is 7.11. The highest BCUT2D eigenvalue weighted by atomic mass is 35.5. The Balaban J connectivity index is 1.78. The standard InChI is InChI=1S/C17H15ClN2O2S2/c18-14-8-6-12(7-9-14)10-17(22)11-24-16(23)20(17)19-15(21)13-4-2-1-3-5-13/h1-9,22H,10-11H2,(H,19,21). The number of hydrogen-bond donors (Lipinski definition) is 2. The Labute approximate surface area is 154 Å². The second-order valence-corrected chi connectivity index (χ2v) is 7.53. The van der Waals surface area contributed by atoms with Gasteiger partial charge in [0.2, 0.25) is 0 Å². The van der Waals surface area contributed by atoms with Crippen LogP contribution in [-0.4, -0.2) is 31.8 Å². The average Bonchev–Trinajstić information content (AvgIpc) is 2.86. The molecule has 2 N–H and O–H groups in total. The number of thiocarbonyl (C=S) groups is 1. The highest BCUT2D eigenvalue weighted by Crippen LogP contribution is 2.33. The van der Waals surface area contributed by atoms with Crippen LogP contribution in [0.25, 0.3) is 0 Å². The zero-order valence-electron chi connectivity index (χ0n) is 12.6. The number of hydrogen-bond acceptors (Lipinski definition) is 4. The van der Waals surface area contributed by atoms with E-state index in [9.17, 15) is 9.90 Å². The van der Waals surface area contributed by atoms with Gasteiger partial charge in [0.05, 0.1) is 5.75 Å². The van der Waals surface area contributed by atoms with Crippen LogP contribution < -0.4 is 5.43 Å². The van der Waals surface area contributed by atoms with Gasteiger partial charge in [0.15, 0.2) is 10.0 Å². The topological polar surface area (TPSA) is 52.6 Å². The fourth-order valence-corrected chi connectivity index (χ4v) is 3.89. The molecule has 2 aromatic rings. The molecule has 0 aromatic heterocycles. The summed E-state index contributed by atoms with van der Waals surface area (Å²) in [5.41, 5.74) is 2.86. The van der Waals surface area contributed by atoms with Crippen molar-refractivity contribution in [1.29, 1.82) is 0 Å². The first-order valence-electron chi connectivity index (χ1n) is 7.28. The summed E-state index contributed by atoms with van der Waals surface area (Å²) in [6.07, 6.45) is 0.326. The molecule has 0 aliphatic carbocycles. The van der Waals surface area contributed by atoms with Crippen molar-refractivity contribution in [3.05, 3.63) is 70.7 Å². The second-order valence-electron chi connectivity index (χ2n) is 5.48. The Kier molecular flexibility index (Phi) is 5.10. The van der Waals surface area contributed by atoms with E-state index >= 15 is 0 Å². The number of halogens is 1. The third-order valence-corrected chi connectivity index (χ3v) is 5.50.